The molecule has 0 saturated carbocycles. The summed E-state index contributed by atoms with van der Waals surface area (Å²) in [6.45, 7) is 3.48. The van der Waals surface area contributed by atoms with Crippen LogP contribution in [-0.4, -0.2) is 22.9 Å². The van der Waals surface area contributed by atoms with Crippen molar-refractivity contribution in [3.63, 3.8) is 0 Å². The van der Waals surface area contributed by atoms with E-state index >= 15 is 0 Å². The van der Waals surface area contributed by atoms with E-state index in [1.54, 1.807) is 19.9 Å². The second-order valence-corrected chi connectivity index (χ2v) is 4.72. The Morgan fingerprint density at radius 1 is 1.16 bits per heavy atom. The summed E-state index contributed by atoms with van der Waals surface area (Å²) in [6.07, 6.45) is 1.20. The standard InChI is InChI=1S/C14H15NO4/c1-8-6-10(7-11(9(8)2)14(18)19)15-12(16)4-3-5-13(15)17/h6-7H,3-5H2,1-2H3,(H,18,19). The van der Waals surface area contributed by atoms with Gasteiger partial charge in [0.05, 0.1) is 11.3 Å². The monoisotopic (exact) mass is 261 g/mol. The van der Waals surface area contributed by atoms with Crippen molar-refractivity contribution in [3.8, 4) is 0 Å². The summed E-state index contributed by atoms with van der Waals surface area (Å²) < 4.78 is 0. The van der Waals surface area contributed by atoms with Crippen LogP contribution in [0.1, 0.15) is 40.7 Å². The van der Waals surface area contributed by atoms with Crippen molar-refractivity contribution < 1.29 is 19.5 Å². The lowest BCUT2D eigenvalue weighted by molar-refractivity contribution is -0.129. The normalized spacial score (nSPS) is 15.8. The van der Waals surface area contributed by atoms with Gasteiger partial charge in [0, 0.05) is 12.8 Å². The molecule has 2 amide bonds. The molecule has 1 heterocycles. The van der Waals surface area contributed by atoms with Gasteiger partial charge in [0.2, 0.25) is 11.8 Å². The maximum Gasteiger partial charge on any atom is 0.336 e. The first kappa shape index (κ1) is 13.3. The average molecular weight is 261 g/mol. The fourth-order valence-corrected chi connectivity index (χ4v) is 2.23. The van der Waals surface area contributed by atoms with E-state index in [0.29, 0.717) is 30.5 Å². The van der Waals surface area contributed by atoms with Gasteiger partial charge in [-0.2, -0.15) is 0 Å². The van der Waals surface area contributed by atoms with Gasteiger partial charge < -0.3 is 5.11 Å². The Morgan fingerprint density at radius 2 is 1.74 bits per heavy atom. The maximum atomic E-state index is 11.8. The number of carboxylic acids is 1. The maximum absolute atomic E-state index is 11.8. The minimum Gasteiger partial charge on any atom is -0.478 e. The molecule has 0 unspecified atom stereocenters. The molecule has 1 aromatic rings. The number of imide groups is 1. The van der Waals surface area contributed by atoms with Crippen molar-refractivity contribution in [3.05, 3.63) is 28.8 Å². The number of aryl methyl sites for hydroxylation is 1. The zero-order valence-electron chi connectivity index (χ0n) is 10.9. The fraction of sp³-hybridized carbons (Fsp3) is 0.357. The quantitative estimate of drug-likeness (QED) is 0.827. The largest absolute Gasteiger partial charge is 0.478 e. The van der Waals surface area contributed by atoms with Gasteiger partial charge in [0.25, 0.3) is 0 Å². The molecule has 1 saturated heterocycles. The summed E-state index contributed by atoms with van der Waals surface area (Å²) in [6, 6.07) is 3.08. The predicted octanol–water partition coefficient (Wildman–Crippen LogP) is 2.05. The molecule has 1 aliphatic heterocycles. The van der Waals surface area contributed by atoms with E-state index in [1.807, 2.05) is 0 Å². The molecule has 0 spiro atoms. The number of aromatic carboxylic acids is 1. The molecule has 100 valence electrons. The highest BCUT2D eigenvalue weighted by Crippen LogP contribution is 2.27. The Balaban J connectivity index is 2.53. The van der Waals surface area contributed by atoms with E-state index in [9.17, 15) is 14.4 Å². The first-order chi connectivity index (χ1) is 8.91. The van der Waals surface area contributed by atoms with Crippen LogP contribution in [-0.2, 0) is 9.59 Å². The number of hydrogen-bond acceptors (Lipinski definition) is 3. The second kappa shape index (κ2) is 4.84. The van der Waals surface area contributed by atoms with Crippen LogP contribution in [0.15, 0.2) is 12.1 Å². The van der Waals surface area contributed by atoms with Crippen molar-refractivity contribution >= 4 is 23.5 Å². The van der Waals surface area contributed by atoms with E-state index in [-0.39, 0.29) is 17.4 Å². The topological polar surface area (TPSA) is 74.7 Å². The van der Waals surface area contributed by atoms with Gasteiger partial charge in [-0.15, -0.1) is 0 Å². The van der Waals surface area contributed by atoms with Gasteiger partial charge >= 0.3 is 5.97 Å². The summed E-state index contributed by atoms with van der Waals surface area (Å²) in [7, 11) is 0. The summed E-state index contributed by atoms with van der Waals surface area (Å²) in [4.78, 5) is 36.0. The molecular weight excluding hydrogens is 246 g/mol. The number of anilines is 1. The van der Waals surface area contributed by atoms with Gasteiger partial charge in [-0.25, -0.2) is 4.79 Å². The van der Waals surface area contributed by atoms with E-state index in [0.717, 1.165) is 10.5 Å². The Bertz CT molecular complexity index is 561. The van der Waals surface area contributed by atoms with Crippen LogP contribution < -0.4 is 4.90 Å². The Morgan fingerprint density at radius 3 is 2.26 bits per heavy atom. The summed E-state index contributed by atoms with van der Waals surface area (Å²) in [5, 5.41) is 9.16. The average Bonchev–Trinajstić information content (AvgIpc) is 2.32. The highest BCUT2D eigenvalue weighted by molar-refractivity contribution is 6.16. The molecule has 0 atom stereocenters. The van der Waals surface area contributed by atoms with Crippen molar-refractivity contribution in [2.24, 2.45) is 0 Å². The van der Waals surface area contributed by atoms with Crippen molar-refractivity contribution in [2.45, 2.75) is 33.1 Å². The highest BCUT2D eigenvalue weighted by Gasteiger charge is 2.28. The number of rotatable bonds is 2. The van der Waals surface area contributed by atoms with E-state index in [4.69, 9.17) is 5.11 Å². The molecule has 0 bridgehead atoms. The Hall–Kier alpha value is -2.17. The summed E-state index contributed by atoms with van der Waals surface area (Å²) in [5.41, 5.74) is 1.88. The zero-order valence-corrected chi connectivity index (χ0v) is 10.9. The number of carbonyl (C=O) groups excluding carboxylic acids is 2. The molecular formula is C14H15NO4. The number of carboxylic acid groups (broad SMARTS) is 1. The Kier molecular flexibility index (Phi) is 3.38. The number of piperidine rings is 1. The summed E-state index contributed by atoms with van der Waals surface area (Å²) >= 11 is 0. The van der Waals surface area contributed by atoms with Gasteiger partial charge in [-0.3, -0.25) is 14.5 Å². The van der Waals surface area contributed by atoms with Crippen LogP contribution in [0.3, 0.4) is 0 Å². The van der Waals surface area contributed by atoms with Crippen molar-refractivity contribution in [1.82, 2.24) is 0 Å². The lowest BCUT2D eigenvalue weighted by Gasteiger charge is -2.26. The smallest absolute Gasteiger partial charge is 0.336 e. The molecule has 0 radical (unpaired) electrons. The summed E-state index contributed by atoms with van der Waals surface area (Å²) in [5.74, 6) is -1.59. The molecule has 1 aliphatic rings. The van der Waals surface area contributed by atoms with E-state index in [2.05, 4.69) is 0 Å². The molecule has 19 heavy (non-hydrogen) atoms. The second-order valence-electron chi connectivity index (χ2n) is 4.72. The first-order valence-corrected chi connectivity index (χ1v) is 6.12. The fourth-order valence-electron chi connectivity index (χ4n) is 2.23. The number of carbonyl (C=O) groups is 3. The molecule has 1 aromatic carbocycles. The molecule has 2 rings (SSSR count). The van der Waals surface area contributed by atoms with Crippen LogP contribution in [0, 0.1) is 13.8 Å². The van der Waals surface area contributed by atoms with E-state index in [1.165, 1.54) is 6.07 Å². The van der Waals surface area contributed by atoms with Crippen LogP contribution in [0.4, 0.5) is 5.69 Å². The van der Waals surface area contributed by atoms with Gasteiger partial charge in [0.1, 0.15) is 0 Å². The Labute approximate surface area is 110 Å². The number of nitrogens with zero attached hydrogens (tertiary/aromatic N) is 1. The lowest BCUT2D eigenvalue weighted by atomic mass is 10.0. The number of hydrogen-bond donors (Lipinski definition) is 1. The molecule has 5 heteroatoms. The van der Waals surface area contributed by atoms with Crippen molar-refractivity contribution in [2.75, 3.05) is 4.90 Å². The molecule has 0 aromatic heterocycles. The number of benzene rings is 1. The molecule has 0 aliphatic carbocycles. The van der Waals surface area contributed by atoms with E-state index < -0.39 is 5.97 Å². The van der Waals surface area contributed by atoms with Gasteiger partial charge in [0.15, 0.2) is 0 Å². The lowest BCUT2D eigenvalue weighted by Crippen LogP contribution is -2.40. The third-order valence-electron chi connectivity index (χ3n) is 3.42. The van der Waals surface area contributed by atoms with Crippen LogP contribution in [0.25, 0.3) is 0 Å². The zero-order chi connectivity index (χ0) is 14.2. The van der Waals surface area contributed by atoms with Crippen LogP contribution in [0.5, 0.6) is 0 Å². The minimum absolute atomic E-state index is 0.126. The van der Waals surface area contributed by atoms with Gasteiger partial charge in [-0.05, 0) is 43.5 Å². The first-order valence-electron chi connectivity index (χ1n) is 6.12. The third-order valence-corrected chi connectivity index (χ3v) is 3.42. The minimum atomic E-state index is -1.06. The molecule has 5 nitrogen and oxygen atoms in total. The highest BCUT2D eigenvalue weighted by atomic mass is 16.4. The van der Waals surface area contributed by atoms with Crippen molar-refractivity contribution in [1.29, 1.82) is 0 Å². The number of amides is 2. The van der Waals surface area contributed by atoms with Crippen LogP contribution in [0.2, 0.25) is 0 Å². The molecule has 1 N–H and O–H groups in total. The SMILES string of the molecule is Cc1cc(N2C(=O)CCCC2=O)cc(C(=O)O)c1C. The van der Waals surface area contributed by atoms with Crippen LogP contribution >= 0.6 is 0 Å². The molecule has 1 fully saturated rings. The predicted molar refractivity (Wildman–Crippen MR) is 69.2 cm³/mol. The third kappa shape index (κ3) is 2.36. The van der Waals surface area contributed by atoms with Gasteiger partial charge in [-0.1, -0.05) is 0 Å².